The Balaban J connectivity index is 1.75. The van der Waals surface area contributed by atoms with Gasteiger partial charge in [0.25, 0.3) is 0 Å². The molecule has 2 heterocycles. The third-order valence-electron chi connectivity index (χ3n) is 3.94. The molecule has 1 aliphatic rings. The summed E-state index contributed by atoms with van der Waals surface area (Å²) in [6.45, 7) is 2.36. The van der Waals surface area contributed by atoms with Crippen LogP contribution in [0.25, 0.3) is 11.4 Å². The molecule has 1 atom stereocenters. The van der Waals surface area contributed by atoms with Gasteiger partial charge < -0.3 is 10.3 Å². The highest BCUT2D eigenvalue weighted by Crippen LogP contribution is 2.25. The second-order valence-electron chi connectivity index (χ2n) is 5.35. The largest absolute Gasteiger partial charge is 0.338 e. The molecular formula is C15H19ClN4O. The van der Waals surface area contributed by atoms with E-state index >= 15 is 0 Å². The molecule has 0 radical (unpaired) electrons. The Morgan fingerprint density at radius 1 is 1.33 bits per heavy atom. The maximum absolute atomic E-state index is 6.16. The van der Waals surface area contributed by atoms with Gasteiger partial charge in [0, 0.05) is 18.2 Å². The van der Waals surface area contributed by atoms with E-state index in [1.54, 1.807) is 0 Å². The van der Waals surface area contributed by atoms with Gasteiger partial charge in [-0.25, -0.2) is 0 Å². The summed E-state index contributed by atoms with van der Waals surface area (Å²) >= 11 is 6.16. The van der Waals surface area contributed by atoms with Crippen molar-refractivity contribution in [1.82, 2.24) is 15.0 Å². The van der Waals surface area contributed by atoms with Crippen molar-refractivity contribution >= 4 is 11.6 Å². The third-order valence-corrected chi connectivity index (χ3v) is 4.27. The quantitative estimate of drug-likeness (QED) is 0.940. The smallest absolute Gasteiger partial charge is 0.241 e. The highest BCUT2D eigenvalue weighted by molar-refractivity contribution is 6.33. The Bertz CT molecular complexity index is 601. The van der Waals surface area contributed by atoms with Crippen LogP contribution < -0.4 is 5.73 Å². The van der Waals surface area contributed by atoms with Crippen LogP contribution in [0.3, 0.4) is 0 Å². The standard InChI is InChI=1S/C15H19ClN4O/c16-13-7-2-1-6-12(13)15-18-14(21-19-15)10-20-8-4-3-5-11(20)9-17/h1-2,6-7,11H,3-5,8-10,17H2. The number of nitrogens with zero attached hydrogens (tertiary/aromatic N) is 3. The molecule has 0 amide bonds. The van der Waals surface area contributed by atoms with E-state index in [4.69, 9.17) is 21.9 Å². The van der Waals surface area contributed by atoms with E-state index in [0.29, 0.717) is 35.9 Å². The number of halogens is 1. The lowest BCUT2D eigenvalue weighted by atomic mass is 10.0. The molecule has 0 spiro atoms. The number of likely N-dealkylation sites (tertiary alicyclic amines) is 1. The molecule has 2 N–H and O–H groups in total. The zero-order valence-corrected chi connectivity index (χ0v) is 12.6. The minimum atomic E-state index is 0.411. The molecule has 1 aromatic carbocycles. The predicted molar refractivity (Wildman–Crippen MR) is 81.8 cm³/mol. The molecule has 1 fully saturated rings. The van der Waals surface area contributed by atoms with Crippen molar-refractivity contribution < 1.29 is 4.52 Å². The van der Waals surface area contributed by atoms with Crippen LogP contribution in [0.15, 0.2) is 28.8 Å². The summed E-state index contributed by atoms with van der Waals surface area (Å²) in [5.74, 6) is 1.15. The van der Waals surface area contributed by atoms with Crippen LogP contribution in [0, 0.1) is 0 Å². The van der Waals surface area contributed by atoms with Crippen molar-refractivity contribution in [2.75, 3.05) is 13.1 Å². The van der Waals surface area contributed by atoms with Gasteiger partial charge in [0.1, 0.15) is 0 Å². The number of aromatic nitrogens is 2. The third kappa shape index (κ3) is 3.26. The van der Waals surface area contributed by atoms with Crippen molar-refractivity contribution in [3.8, 4) is 11.4 Å². The van der Waals surface area contributed by atoms with Crippen LogP contribution in [-0.4, -0.2) is 34.2 Å². The fourth-order valence-corrected chi connectivity index (χ4v) is 3.00. The fourth-order valence-electron chi connectivity index (χ4n) is 2.78. The van der Waals surface area contributed by atoms with Crippen molar-refractivity contribution in [2.45, 2.75) is 31.8 Å². The van der Waals surface area contributed by atoms with E-state index in [-0.39, 0.29) is 0 Å². The lowest BCUT2D eigenvalue weighted by Crippen LogP contribution is -2.43. The number of nitrogens with two attached hydrogens (primary N) is 1. The Morgan fingerprint density at radius 2 is 2.19 bits per heavy atom. The molecule has 0 saturated carbocycles. The van der Waals surface area contributed by atoms with Gasteiger partial charge in [-0.05, 0) is 31.5 Å². The van der Waals surface area contributed by atoms with Gasteiger partial charge in [-0.1, -0.05) is 35.3 Å². The lowest BCUT2D eigenvalue weighted by molar-refractivity contribution is 0.128. The summed E-state index contributed by atoms with van der Waals surface area (Å²) in [6.07, 6.45) is 3.58. The maximum Gasteiger partial charge on any atom is 0.241 e. The van der Waals surface area contributed by atoms with Crippen molar-refractivity contribution in [3.05, 3.63) is 35.2 Å². The monoisotopic (exact) mass is 306 g/mol. The van der Waals surface area contributed by atoms with Crippen molar-refractivity contribution in [1.29, 1.82) is 0 Å². The number of rotatable bonds is 4. The summed E-state index contributed by atoms with van der Waals surface area (Å²) in [4.78, 5) is 6.79. The number of hydrogen-bond donors (Lipinski definition) is 1. The van der Waals surface area contributed by atoms with Crippen LogP contribution in [0.4, 0.5) is 0 Å². The molecule has 112 valence electrons. The lowest BCUT2D eigenvalue weighted by Gasteiger charge is -2.33. The average Bonchev–Trinajstić information content (AvgIpc) is 2.96. The molecule has 5 nitrogen and oxygen atoms in total. The van der Waals surface area contributed by atoms with Gasteiger partial charge in [0.2, 0.25) is 11.7 Å². The van der Waals surface area contributed by atoms with Crippen LogP contribution >= 0.6 is 11.6 Å². The summed E-state index contributed by atoms with van der Waals surface area (Å²) in [5.41, 5.74) is 6.63. The first kappa shape index (κ1) is 14.5. The second-order valence-corrected chi connectivity index (χ2v) is 5.75. The van der Waals surface area contributed by atoms with Gasteiger partial charge in [-0.15, -0.1) is 0 Å². The first-order valence-electron chi connectivity index (χ1n) is 7.29. The molecule has 1 unspecified atom stereocenters. The van der Waals surface area contributed by atoms with E-state index in [1.165, 1.54) is 12.8 Å². The molecular weight excluding hydrogens is 288 g/mol. The number of piperidine rings is 1. The summed E-state index contributed by atoms with van der Waals surface area (Å²) in [7, 11) is 0. The zero-order chi connectivity index (χ0) is 14.7. The van der Waals surface area contributed by atoms with Crippen LogP contribution in [-0.2, 0) is 6.54 Å². The topological polar surface area (TPSA) is 68.2 Å². The first-order valence-corrected chi connectivity index (χ1v) is 7.67. The second kappa shape index (κ2) is 6.56. The highest BCUT2D eigenvalue weighted by atomic mass is 35.5. The Kier molecular flexibility index (Phi) is 4.53. The SMILES string of the molecule is NCC1CCCCN1Cc1nc(-c2ccccc2Cl)no1. The van der Waals surface area contributed by atoms with Crippen LogP contribution in [0.1, 0.15) is 25.2 Å². The molecule has 0 aliphatic carbocycles. The Labute approximate surface area is 129 Å². The van der Waals surface area contributed by atoms with Gasteiger partial charge in [-0.3, -0.25) is 4.90 Å². The van der Waals surface area contributed by atoms with Crippen LogP contribution in [0.2, 0.25) is 5.02 Å². The van der Waals surface area contributed by atoms with Gasteiger partial charge in [0.05, 0.1) is 11.6 Å². The van der Waals surface area contributed by atoms with E-state index in [2.05, 4.69) is 15.0 Å². The Hall–Kier alpha value is -1.43. The van der Waals surface area contributed by atoms with Crippen molar-refractivity contribution in [2.24, 2.45) is 5.73 Å². The molecule has 3 rings (SSSR count). The predicted octanol–water partition coefficient (Wildman–Crippen LogP) is 2.70. The fraction of sp³-hybridized carbons (Fsp3) is 0.467. The highest BCUT2D eigenvalue weighted by Gasteiger charge is 2.23. The van der Waals surface area contributed by atoms with Crippen LogP contribution in [0.5, 0.6) is 0 Å². The minimum Gasteiger partial charge on any atom is -0.338 e. The van der Waals surface area contributed by atoms with E-state index in [0.717, 1.165) is 18.5 Å². The number of hydrogen-bond acceptors (Lipinski definition) is 5. The molecule has 21 heavy (non-hydrogen) atoms. The Morgan fingerprint density at radius 3 is 3.00 bits per heavy atom. The molecule has 1 saturated heterocycles. The maximum atomic E-state index is 6.16. The van der Waals surface area contributed by atoms with E-state index in [1.807, 2.05) is 24.3 Å². The molecule has 1 aromatic heterocycles. The normalized spacial score (nSPS) is 19.8. The first-order chi connectivity index (χ1) is 10.3. The van der Waals surface area contributed by atoms with Gasteiger partial charge in [-0.2, -0.15) is 4.98 Å². The molecule has 6 heteroatoms. The molecule has 1 aliphatic heterocycles. The summed E-state index contributed by atoms with van der Waals surface area (Å²) in [5, 5.41) is 4.66. The summed E-state index contributed by atoms with van der Waals surface area (Å²) < 4.78 is 5.37. The van der Waals surface area contributed by atoms with E-state index < -0.39 is 0 Å². The van der Waals surface area contributed by atoms with Crippen molar-refractivity contribution in [3.63, 3.8) is 0 Å². The van der Waals surface area contributed by atoms with Gasteiger partial charge in [0.15, 0.2) is 0 Å². The molecule has 0 bridgehead atoms. The molecule has 2 aromatic rings. The van der Waals surface area contributed by atoms with Gasteiger partial charge >= 0.3 is 0 Å². The zero-order valence-electron chi connectivity index (χ0n) is 11.8. The average molecular weight is 307 g/mol. The minimum absolute atomic E-state index is 0.411. The summed E-state index contributed by atoms with van der Waals surface area (Å²) in [6, 6.07) is 7.91. The van der Waals surface area contributed by atoms with E-state index in [9.17, 15) is 0 Å². The number of benzene rings is 1.